The standard InChI is InChI=1S/C17H18N2O2/c1-21-17(20)15-10-13(6-7-16(15)18)19-14-8-11-4-2-3-5-12(11)9-14/h2-7,10,14,19H,8-9,18H2,1H3. The third-order valence-electron chi connectivity index (χ3n) is 3.88. The van der Waals surface area contributed by atoms with E-state index >= 15 is 0 Å². The molecular formula is C17H18N2O2. The van der Waals surface area contributed by atoms with Crippen molar-refractivity contribution in [2.24, 2.45) is 0 Å². The summed E-state index contributed by atoms with van der Waals surface area (Å²) < 4.78 is 4.75. The maximum absolute atomic E-state index is 11.7. The minimum Gasteiger partial charge on any atom is -0.465 e. The number of ether oxygens (including phenoxy) is 1. The Morgan fingerprint density at radius 1 is 1.19 bits per heavy atom. The molecule has 108 valence electrons. The second kappa shape index (κ2) is 5.48. The quantitative estimate of drug-likeness (QED) is 0.671. The average Bonchev–Trinajstić information content (AvgIpc) is 2.90. The van der Waals surface area contributed by atoms with Gasteiger partial charge in [0.05, 0.1) is 12.7 Å². The van der Waals surface area contributed by atoms with Crippen molar-refractivity contribution >= 4 is 17.3 Å². The van der Waals surface area contributed by atoms with Gasteiger partial charge < -0.3 is 15.8 Å². The molecule has 1 aliphatic rings. The normalized spacial score (nSPS) is 13.8. The topological polar surface area (TPSA) is 64.3 Å². The number of nitrogens with two attached hydrogens (primary N) is 1. The number of hydrogen-bond donors (Lipinski definition) is 2. The van der Waals surface area contributed by atoms with Crippen LogP contribution in [0.1, 0.15) is 21.5 Å². The Morgan fingerprint density at radius 3 is 2.48 bits per heavy atom. The molecule has 4 nitrogen and oxygen atoms in total. The number of carbonyl (C=O) groups is 1. The van der Waals surface area contributed by atoms with Crippen LogP contribution < -0.4 is 11.1 Å². The second-order valence-electron chi connectivity index (χ2n) is 5.31. The van der Waals surface area contributed by atoms with Crippen molar-refractivity contribution < 1.29 is 9.53 Å². The van der Waals surface area contributed by atoms with E-state index in [0.717, 1.165) is 18.5 Å². The Balaban J connectivity index is 1.76. The van der Waals surface area contributed by atoms with Crippen LogP contribution in [0.4, 0.5) is 11.4 Å². The third-order valence-corrected chi connectivity index (χ3v) is 3.88. The van der Waals surface area contributed by atoms with Gasteiger partial charge in [0.2, 0.25) is 0 Å². The number of anilines is 2. The minimum atomic E-state index is -0.411. The van der Waals surface area contributed by atoms with Gasteiger partial charge in [-0.15, -0.1) is 0 Å². The van der Waals surface area contributed by atoms with Gasteiger partial charge in [-0.3, -0.25) is 0 Å². The fourth-order valence-corrected chi connectivity index (χ4v) is 2.83. The van der Waals surface area contributed by atoms with Crippen molar-refractivity contribution in [1.82, 2.24) is 0 Å². The summed E-state index contributed by atoms with van der Waals surface area (Å²) in [6.45, 7) is 0. The summed E-state index contributed by atoms with van der Waals surface area (Å²) in [5.74, 6) is -0.411. The molecule has 0 radical (unpaired) electrons. The lowest BCUT2D eigenvalue weighted by Crippen LogP contribution is -2.20. The van der Waals surface area contributed by atoms with Crippen LogP contribution in [-0.4, -0.2) is 19.1 Å². The van der Waals surface area contributed by atoms with Crippen molar-refractivity contribution in [1.29, 1.82) is 0 Å². The summed E-state index contributed by atoms with van der Waals surface area (Å²) in [4.78, 5) is 11.7. The van der Waals surface area contributed by atoms with E-state index in [4.69, 9.17) is 10.5 Å². The number of rotatable bonds is 3. The number of esters is 1. The Hall–Kier alpha value is -2.49. The zero-order valence-electron chi connectivity index (χ0n) is 11.9. The van der Waals surface area contributed by atoms with Crippen LogP contribution >= 0.6 is 0 Å². The van der Waals surface area contributed by atoms with Crippen molar-refractivity contribution in [2.45, 2.75) is 18.9 Å². The van der Waals surface area contributed by atoms with Crippen LogP contribution in [0, 0.1) is 0 Å². The summed E-state index contributed by atoms with van der Waals surface area (Å²) in [5.41, 5.74) is 10.3. The van der Waals surface area contributed by atoms with E-state index in [-0.39, 0.29) is 0 Å². The first-order valence-corrected chi connectivity index (χ1v) is 6.98. The highest BCUT2D eigenvalue weighted by atomic mass is 16.5. The van der Waals surface area contributed by atoms with Crippen LogP contribution in [0.15, 0.2) is 42.5 Å². The van der Waals surface area contributed by atoms with Gasteiger partial charge in [-0.1, -0.05) is 24.3 Å². The summed E-state index contributed by atoms with van der Waals surface area (Å²) >= 11 is 0. The molecule has 0 saturated carbocycles. The maximum atomic E-state index is 11.7. The minimum absolute atomic E-state index is 0.344. The Labute approximate surface area is 123 Å². The molecule has 0 atom stereocenters. The predicted molar refractivity (Wildman–Crippen MR) is 83.5 cm³/mol. The first-order chi connectivity index (χ1) is 10.2. The fourth-order valence-electron chi connectivity index (χ4n) is 2.83. The summed E-state index contributed by atoms with van der Waals surface area (Å²) in [6, 6.07) is 14.2. The molecule has 0 fully saturated rings. The number of benzene rings is 2. The molecule has 3 N–H and O–H groups in total. The average molecular weight is 282 g/mol. The van der Waals surface area contributed by atoms with E-state index in [2.05, 4.69) is 29.6 Å². The van der Waals surface area contributed by atoms with Crippen LogP contribution in [0.25, 0.3) is 0 Å². The molecule has 4 heteroatoms. The monoisotopic (exact) mass is 282 g/mol. The highest BCUT2D eigenvalue weighted by molar-refractivity contribution is 5.96. The lowest BCUT2D eigenvalue weighted by Gasteiger charge is -2.15. The van der Waals surface area contributed by atoms with E-state index in [1.54, 1.807) is 12.1 Å². The van der Waals surface area contributed by atoms with Crippen molar-refractivity contribution in [3.63, 3.8) is 0 Å². The first-order valence-electron chi connectivity index (χ1n) is 6.98. The van der Waals surface area contributed by atoms with Crippen molar-refractivity contribution in [2.75, 3.05) is 18.2 Å². The molecule has 0 spiro atoms. The molecule has 0 bridgehead atoms. The third kappa shape index (κ3) is 2.70. The Morgan fingerprint density at radius 2 is 1.86 bits per heavy atom. The van der Waals surface area contributed by atoms with Crippen molar-refractivity contribution in [3.05, 3.63) is 59.2 Å². The van der Waals surface area contributed by atoms with Gasteiger partial charge in [0.25, 0.3) is 0 Å². The van der Waals surface area contributed by atoms with Crippen LogP contribution in [0.2, 0.25) is 0 Å². The molecule has 0 aliphatic heterocycles. The van der Waals surface area contributed by atoms with E-state index < -0.39 is 5.97 Å². The molecular weight excluding hydrogens is 264 g/mol. The van der Waals surface area contributed by atoms with E-state index in [9.17, 15) is 4.79 Å². The number of methoxy groups -OCH3 is 1. The molecule has 0 unspecified atom stereocenters. The van der Waals surface area contributed by atoms with Crippen LogP contribution in [-0.2, 0) is 17.6 Å². The van der Waals surface area contributed by atoms with Gasteiger partial charge in [0, 0.05) is 17.4 Å². The van der Waals surface area contributed by atoms with E-state index in [1.807, 2.05) is 6.07 Å². The van der Waals surface area contributed by atoms with Gasteiger partial charge in [-0.05, 0) is 42.2 Å². The fraction of sp³-hybridized carbons (Fsp3) is 0.235. The highest BCUT2D eigenvalue weighted by Crippen LogP contribution is 2.26. The number of hydrogen-bond acceptors (Lipinski definition) is 4. The van der Waals surface area contributed by atoms with Gasteiger partial charge >= 0.3 is 5.97 Å². The Kier molecular flexibility index (Phi) is 3.52. The van der Waals surface area contributed by atoms with Gasteiger partial charge in [0.1, 0.15) is 0 Å². The van der Waals surface area contributed by atoms with Crippen LogP contribution in [0.5, 0.6) is 0 Å². The number of fused-ring (bicyclic) bond motifs is 1. The first kappa shape index (κ1) is 13.5. The SMILES string of the molecule is COC(=O)c1cc(NC2Cc3ccccc3C2)ccc1N. The summed E-state index contributed by atoms with van der Waals surface area (Å²) in [6.07, 6.45) is 1.99. The molecule has 0 aromatic heterocycles. The Bertz CT molecular complexity index is 657. The van der Waals surface area contributed by atoms with Gasteiger partial charge in [-0.2, -0.15) is 0 Å². The smallest absolute Gasteiger partial charge is 0.340 e. The molecule has 0 amide bonds. The summed E-state index contributed by atoms with van der Waals surface area (Å²) in [7, 11) is 1.36. The van der Waals surface area contributed by atoms with Gasteiger partial charge in [-0.25, -0.2) is 4.79 Å². The number of nitrogen functional groups attached to an aromatic ring is 1. The van der Waals surface area contributed by atoms with E-state index in [0.29, 0.717) is 17.3 Å². The summed E-state index contributed by atoms with van der Waals surface area (Å²) in [5, 5.41) is 3.47. The largest absolute Gasteiger partial charge is 0.465 e. The molecule has 0 heterocycles. The molecule has 2 aromatic carbocycles. The maximum Gasteiger partial charge on any atom is 0.340 e. The lowest BCUT2D eigenvalue weighted by molar-refractivity contribution is 0.0602. The zero-order valence-corrected chi connectivity index (χ0v) is 11.9. The molecule has 2 aromatic rings. The molecule has 0 saturated heterocycles. The van der Waals surface area contributed by atoms with Crippen molar-refractivity contribution in [3.8, 4) is 0 Å². The molecule has 1 aliphatic carbocycles. The van der Waals surface area contributed by atoms with E-state index in [1.165, 1.54) is 18.2 Å². The predicted octanol–water partition coefficient (Wildman–Crippen LogP) is 2.63. The number of nitrogens with one attached hydrogen (secondary N) is 1. The number of carbonyl (C=O) groups excluding carboxylic acids is 1. The molecule has 21 heavy (non-hydrogen) atoms. The van der Waals surface area contributed by atoms with Gasteiger partial charge in [0.15, 0.2) is 0 Å². The highest BCUT2D eigenvalue weighted by Gasteiger charge is 2.21. The van der Waals surface area contributed by atoms with Crippen LogP contribution in [0.3, 0.4) is 0 Å². The zero-order chi connectivity index (χ0) is 14.8. The second-order valence-corrected chi connectivity index (χ2v) is 5.31. The lowest BCUT2D eigenvalue weighted by atomic mass is 10.1. The molecule has 3 rings (SSSR count).